The van der Waals surface area contributed by atoms with Gasteiger partial charge in [-0.2, -0.15) is 0 Å². The van der Waals surface area contributed by atoms with Crippen LogP contribution in [0.25, 0.3) is 11.0 Å². The van der Waals surface area contributed by atoms with Gasteiger partial charge < -0.3 is 25.2 Å². The van der Waals surface area contributed by atoms with Crippen molar-refractivity contribution in [3.05, 3.63) is 69.4 Å². The number of hydrogen-bond acceptors (Lipinski definition) is 6. The van der Waals surface area contributed by atoms with Gasteiger partial charge in [0, 0.05) is 18.8 Å². The molecule has 0 spiro atoms. The van der Waals surface area contributed by atoms with Crippen LogP contribution in [0.4, 0.5) is 4.39 Å². The molecular weight excluding hydrogens is 405 g/mol. The van der Waals surface area contributed by atoms with Crippen LogP contribution in [-0.4, -0.2) is 50.0 Å². The van der Waals surface area contributed by atoms with Crippen LogP contribution in [-0.2, 0) is 6.42 Å². The number of fused-ring (bicyclic) bond motifs is 1. The second kappa shape index (κ2) is 8.44. The largest absolute Gasteiger partial charge is 0.505 e. The number of carbonyl (C=O) groups excluding carboxylic acids is 1. The van der Waals surface area contributed by atoms with E-state index in [4.69, 9.17) is 5.11 Å². The maximum atomic E-state index is 13.2. The Morgan fingerprint density at radius 2 is 1.97 bits per heavy atom. The maximum absolute atomic E-state index is 13.2. The second-order valence-electron chi connectivity index (χ2n) is 7.69. The van der Waals surface area contributed by atoms with Gasteiger partial charge in [-0.05, 0) is 48.6 Å². The number of amides is 1. The van der Waals surface area contributed by atoms with E-state index < -0.39 is 35.5 Å². The zero-order valence-corrected chi connectivity index (χ0v) is 16.6. The lowest BCUT2D eigenvalue weighted by Crippen LogP contribution is -2.38. The number of aromatic hydroxyl groups is 1. The number of pyridine rings is 2. The molecule has 1 atom stereocenters. The predicted octanol–water partition coefficient (Wildman–Crippen LogP) is 1.25. The molecule has 4 rings (SSSR count). The third-order valence-corrected chi connectivity index (χ3v) is 5.25. The highest BCUT2D eigenvalue weighted by atomic mass is 19.1. The fourth-order valence-electron chi connectivity index (χ4n) is 3.51. The van der Waals surface area contributed by atoms with Crippen molar-refractivity contribution in [1.29, 1.82) is 0 Å². The average Bonchev–Trinajstić information content (AvgIpc) is 3.58. The van der Waals surface area contributed by atoms with E-state index >= 15 is 0 Å². The first kappa shape index (κ1) is 21.0. The molecule has 0 saturated heterocycles. The van der Waals surface area contributed by atoms with Crippen LogP contribution in [0, 0.1) is 5.82 Å². The summed E-state index contributed by atoms with van der Waals surface area (Å²) in [6, 6.07) is 7.73. The van der Waals surface area contributed by atoms with Crippen LogP contribution in [0.3, 0.4) is 0 Å². The maximum Gasteiger partial charge on any atom is 0.268 e. The molecule has 2 heterocycles. The summed E-state index contributed by atoms with van der Waals surface area (Å²) in [6.45, 7) is -0.811. The lowest BCUT2D eigenvalue weighted by atomic mass is 10.1. The Kier molecular flexibility index (Phi) is 5.71. The summed E-state index contributed by atoms with van der Waals surface area (Å²) in [5.74, 6) is -1.70. The highest BCUT2D eigenvalue weighted by molar-refractivity contribution is 6.01. The molecule has 3 aromatic rings. The number of hydrogen-bond donors (Lipinski definition) is 4. The number of rotatable bonds is 7. The van der Waals surface area contributed by atoms with Crippen LogP contribution in [0.5, 0.6) is 5.75 Å². The number of aromatic nitrogens is 2. The molecule has 8 nitrogen and oxygen atoms in total. The Labute approximate surface area is 176 Å². The number of aliphatic hydroxyl groups excluding tert-OH is 2. The van der Waals surface area contributed by atoms with Gasteiger partial charge in [0.1, 0.15) is 16.9 Å². The first-order valence-electron chi connectivity index (χ1n) is 9.96. The van der Waals surface area contributed by atoms with Crippen LogP contribution < -0.4 is 10.9 Å². The molecule has 2 aromatic heterocycles. The van der Waals surface area contributed by atoms with Gasteiger partial charge in [0.05, 0.1) is 18.2 Å². The Bertz CT molecular complexity index is 1190. The number of benzene rings is 1. The van der Waals surface area contributed by atoms with Gasteiger partial charge in [0.15, 0.2) is 5.75 Å². The molecule has 1 saturated carbocycles. The quantitative estimate of drug-likeness (QED) is 0.450. The molecule has 0 aliphatic heterocycles. The van der Waals surface area contributed by atoms with Crippen molar-refractivity contribution in [2.75, 3.05) is 13.2 Å². The topological polar surface area (TPSA) is 125 Å². The number of halogens is 1. The fourth-order valence-corrected chi connectivity index (χ4v) is 3.51. The summed E-state index contributed by atoms with van der Waals surface area (Å²) >= 11 is 0. The number of carbonyl (C=O) groups is 1. The fraction of sp³-hybridized carbons (Fsp3) is 0.318. The summed E-state index contributed by atoms with van der Waals surface area (Å²) in [5.41, 5.74) is 1.12. The van der Waals surface area contributed by atoms with Gasteiger partial charge in [-0.1, -0.05) is 12.1 Å². The third-order valence-electron chi connectivity index (χ3n) is 5.25. The minimum Gasteiger partial charge on any atom is -0.505 e. The van der Waals surface area contributed by atoms with E-state index in [0.29, 0.717) is 11.9 Å². The zero-order chi connectivity index (χ0) is 22.1. The van der Waals surface area contributed by atoms with E-state index in [2.05, 4.69) is 10.3 Å². The molecule has 4 N–H and O–H groups in total. The molecular formula is C22H22FN3O5. The Balaban J connectivity index is 1.76. The minimum absolute atomic E-state index is 0.0898. The highest BCUT2D eigenvalue weighted by Crippen LogP contribution is 2.38. The lowest BCUT2D eigenvalue weighted by molar-refractivity contribution is 0.0799. The van der Waals surface area contributed by atoms with E-state index in [1.807, 2.05) is 0 Å². The van der Waals surface area contributed by atoms with Crippen molar-refractivity contribution < 1.29 is 24.5 Å². The molecule has 0 unspecified atom stereocenters. The van der Waals surface area contributed by atoms with Crippen LogP contribution in [0.2, 0.25) is 0 Å². The van der Waals surface area contributed by atoms with E-state index in [9.17, 15) is 24.2 Å². The Hall–Kier alpha value is -3.30. The van der Waals surface area contributed by atoms with E-state index in [1.165, 1.54) is 16.7 Å². The number of nitrogens with one attached hydrogen (secondary N) is 1. The molecule has 1 aliphatic rings. The van der Waals surface area contributed by atoms with Crippen LogP contribution in [0.15, 0.2) is 41.3 Å². The predicted molar refractivity (Wildman–Crippen MR) is 111 cm³/mol. The van der Waals surface area contributed by atoms with Crippen LogP contribution in [0.1, 0.15) is 40.4 Å². The van der Waals surface area contributed by atoms with Crippen LogP contribution >= 0.6 is 0 Å². The monoisotopic (exact) mass is 427 g/mol. The SMILES string of the molecule is O=C(NC[C@@H](O)CO)c1c(O)c2ncc(Cc3ccc(F)cc3)cc2n(C2CC2)c1=O. The van der Waals surface area contributed by atoms with Gasteiger partial charge in [0.25, 0.3) is 11.5 Å². The lowest BCUT2D eigenvalue weighted by Gasteiger charge is -2.15. The number of aliphatic hydroxyl groups is 2. The van der Waals surface area contributed by atoms with Gasteiger partial charge >= 0.3 is 0 Å². The smallest absolute Gasteiger partial charge is 0.268 e. The summed E-state index contributed by atoms with van der Waals surface area (Å²) in [7, 11) is 0. The third kappa shape index (κ3) is 4.28. The average molecular weight is 427 g/mol. The molecule has 1 aromatic carbocycles. The minimum atomic E-state index is -1.18. The molecule has 1 aliphatic carbocycles. The summed E-state index contributed by atoms with van der Waals surface area (Å²) in [4.78, 5) is 30.0. The summed E-state index contributed by atoms with van der Waals surface area (Å²) in [5, 5.41) is 31.4. The Morgan fingerprint density at radius 1 is 1.26 bits per heavy atom. The van der Waals surface area contributed by atoms with Gasteiger partial charge in [-0.3, -0.25) is 14.6 Å². The highest BCUT2D eigenvalue weighted by Gasteiger charge is 2.31. The molecule has 1 fully saturated rings. The molecule has 162 valence electrons. The van der Waals surface area contributed by atoms with Crippen molar-refractivity contribution in [2.45, 2.75) is 31.4 Å². The molecule has 31 heavy (non-hydrogen) atoms. The van der Waals surface area contributed by atoms with Gasteiger partial charge in [0.2, 0.25) is 0 Å². The molecule has 0 radical (unpaired) electrons. The van der Waals surface area contributed by atoms with Crippen molar-refractivity contribution in [1.82, 2.24) is 14.9 Å². The van der Waals surface area contributed by atoms with E-state index in [-0.39, 0.29) is 23.9 Å². The molecule has 9 heteroatoms. The first-order chi connectivity index (χ1) is 14.9. The zero-order valence-electron chi connectivity index (χ0n) is 16.6. The van der Waals surface area contributed by atoms with E-state index in [0.717, 1.165) is 24.0 Å². The van der Waals surface area contributed by atoms with Gasteiger partial charge in [-0.25, -0.2) is 4.39 Å². The van der Waals surface area contributed by atoms with Crippen molar-refractivity contribution >= 4 is 16.9 Å². The van der Waals surface area contributed by atoms with Crippen molar-refractivity contribution in [2.24, 2.45) is 0 Å². The molecule has 0 bridgehead atoms. The summed E-state index contributed by atoms with van der Waals surface area (Å²) in [6.07, 6.45) is 2.37. The first-order valence-corrected chi connectivity index (χ1v) is 9.96. The van der Waals surface area contributed by atoms with E-state index in [1.54, 1.807) is 24.4 Å². The second-order valence-corrected chi connectivity index (χ2v) is 7.69. The summed E-state index contributed by atoms with van der Waals surface area (Å²) < 4.78 is 14.6. The Morgan fingerprint density at radius 3 is 2.61 bits per heavy atom. The van der Waals surface area contributed by atoms with Crippen molar-refractivity contribution in [3.63, 3.8) is 0 Å². The van der Waals surface area contributed by atoms with Gasteiger partial charge in [-0.15, -0.1) is 0 Å². The molecule has 1 amide bonds. The normalized spacial score (nSPS) is 14.5. The van der Waals surface area contributed by atoms with Crippen molar-refractivity contribution in [3.8, 4) is 5.75 Å². The standard InChI is InChI=1S/C22H22FN3O5/c23-14-3-1-12(2-4-14)7-13-8-17-19(24-9-13)20(29)18(21(30)25-10-16(28)11-27)22(31)26(17)15-5-6-15/h1-4,8-9,15-16,27-29H,5-7,10-11H2,(H,25,30)/t16-/m1/s1. The number of nitrogens with zero attached hydrogens (tertiary/aromatic N) is 2.